The van der Waals surface area contributed by atoms with Crippen molar-refractivity contribution < 1.29 is 22.7 Å². The van der Waals surface area contributed by atoms with Gasteiger partial charge < -0.3 is 14.9 Å². The van der Waals surface area contributed by atoms with E-state index in [4.69, 9.17) is 0 Å². The molecule has 0 spiro atoms. The normalized spacial score (nSPS) is 21.3. The lowest BCUT2D eigenvalue weighted by molar-refractivity contribution is -0.131. The topological polar surface area (TPSA) is 90.0 Å². The fourth-order valence-electron chi connectivity index (χ4n) is 3.16. The third-order valence-electron chi connectivity index (χ3n) is 5.01. The number of carbonyl (C=O) groups is 1. The summed E-state index contributed by atoms with van der Waals surface area (Å²) in [6, 6.07) is 3.65. The zero-order chi connectivity index (χ0) is 20.2. The van der Waals surface area contributed by atoms with E-state index in [9.17, 15) is 22.7 Å². The molecule has 1 aromatic carbocycles. The standard InChI is InChI=1S/C18H28FN3O4S/c1-13-8-16(6-7-17(13)19)27(25,26)20-9-18(24)22-10-14(12-23)4-5-15(11-22)21(2)3/h6-8,14-15,20,23H,4-5,9-12H2,1-3H3/t14-,15+/m0/s1. The molecule has 0 unspecified atom stereocenters. The van der Waals surface area contributed by atoms with Gasteiger partial charge in [-0.25, -0.2) is 17.5 Å². The number of likely N-dealkylation sites (N-methyl/N-ethyl adjacent to an activating group) is 1. The molecule has 0 saturated carbocycles. The van der Waals surface area contributed by atoms with Crippen molar-refractivity contribution in [2.45, 2.75) is 30.7 Å². The third kappa shape index (κ3) is 5.71. The molecule has 2 atom stereocenters. The molecule has 1 aliphatic heterocycles. The van der Waals surface area contributed by atoms with Crippen molar-refractivity contribution in [3.05, 3.63) is 29.6 Å². The molecule has 1 aliphatic rings. The van der Waals surface area contributed by atoms with E-state index in [2.05, 4.69) is 4.72 Å². The first kappa shape index (κ1) is 21.7. The molecule has 0 aliphatic carbocycles. The Morgan fingerprint density at radius 3 is 2.63 bits per heavy atom. The van der Waals surface area contributed by atoms with Gasteiger partial charge in [-0.1, -0.05) is 0 Å². The predicted molar refractivity (Wildman–Crippen MR) is 100 cm³/mol. The minimum absolute atomic E-state index is 0.00941. The largest absolute Gasteiger partial charge is 0.396 e. The Balaban J connectivity index is 2.06. The number of hydrogen-bond acceptors (Lipinski definition) is 5. The Morgan fingerprint density at radius 1 is 1.33 bits per heavy atom. The number of benzene rings is 1. The van der Waals surface area contributed by atoms with Crippen molar-refractivity contribution in [3.8, 4) is 0 Å². The Hall–Kier alpha value is -1.55. The van der Waals surface area contributed by atoms with E-state index in [0.717, 1.165) is 18.9 Å². The number of aryl methyl sites for hydroxylation is 1. The van der Waals surface area contributed by atoms with Crippen LogP contribution in [0.4, 0.5) is 4.39 Å². The highest BCUT2D eigenvalue weighted by Crippen LogP contribution is 2.19. The molecule has 1 heterocycles. The molecule has 0 radical (unpaired) electrons. The van der Waals surface area contributed by atoms with E-state index in [1.54, 1.807) is 4.90 Å². The molecular formula is C18H28FN3O4S. The lowest BCUT2D eigenvalue weighted by Gasteiger charge is -2.29. The SMILES string of the molecule is Cc1cc(S(=O)(=O)NCC(=O)N2C[C@@H](CO)CC[C@@H](N(C)C)C2)ccc1F. The van der Waals surface area contributed by atoms with Crippen LogP contribution in [0.25, 0.3) is 0 Å². The first-order chi connectivity index (χ1) is 12.6. The van der Waals surface area contributed by atoms with Gasteiger partial charge >= 0.3 is 0 Å². The molecule has 1 saturated heterocycles. The van der Waals surface area contributed by atoms with Gasteiger partial charge in [-0.15, -0.1) is 0 Å². The Labute approximate surface area is 160 Å². The summed E-state index contributed by atoms with van der Waals surface area (Å²) in [4.78, 5) is 16.2. The number of halogens is 1. The number of aliphatic hydroxyl groups excluding tert-OH is 1. The Bertz CT molecular complexity index is 770. The maximum Gasteiger partial charge on any atom is 0.241 e. The maximum atomic E-state index is 13.4. The van der Waals surface area contributed by atoms with Gasteiger partial charge in [0.2, 0.25) is 15.9 Å². The number of rotatable bonds is 6. The van der Waals surface area contributed by atoms with Crippen molar-refractivity contribution in [1.82, 2.24) is 14.5 Å². The summed E-state index contributed by atoms with van der Waals surface area (Å²) in [6.07, 6.45) is 1.67. The maximum absolute atomic E-state index is 13.4. The first-order valence-corrected chi connectivity index (χ1v) is 10.4. The Morgan fingerprint density at radius 2 is 2.04 bits per heavy atom. The minimum Gasteiger partial charge on any atom is -0.396 e. The number of nitrogens with one attached hydrogen (secondary N) is 1. The molecule has 1 amide bonds. The molecule has 27 heavy (non-hydrogen) atoms. The average Bonchev–Trinajstić information content (AvgIpc) is 2.85. The summed E-state index contributed by atoms with van der Waals surface area (Å²) in [5.74, 6) is -0.848. The van der Waals surface area contributed by atoms with Crippen LogP contribution in [0, 0.1) is 18.7 Å². The van der Waals surface area contributed by atoms with Crippen LogP contribution in [-0.4, -0.2) is 75.6 Å². The lowest BCUT2D eigenvalue weighted by atomic mass is 10.0. The number of likely N-dealkylation sites (tertiary alicyclic amines) is 1. The van der Waals surface area contributed by atoms with Gasteiger partial charge in [0.1, 0.15) is 5.82 Å². The minimum atomic E-state index is -3.92. The number of amides is 1. The van der Waals surface area contributed by atoms with Crippen LogP contribution in [0.3, 0.4) is 0 Å². The summed E-state index contributed by atoms with van der Waals surface area (Å²) in [5.41, 5.74) is 0.219. The van der Waals surface area contributed by atoms with Crippen LogP contribution in [0.15, 0.2) is 23.1 Å². The molecule has 1 fully saturated rings. The quantitative estimate of drug-likeness (QED) is 0.728. The average molecular weight is 402 g/mol. The van der Waals surface area contributed by atoms with E-state index in [0.29, 0.717) is 13.1 Å². The van der Waals surface area contributed by atoms with Crippen molar-refractivity contribution in [1.29, 1.82) is 0 Å². The summed E-state index contributed by atoms with van der Waals surface area (Å²) in [7, 11) is -0.0419. The molecule has 9 heteroatoms. The second-order valence-electron chi connectivity index (χ2n) is 7.28. The monoisotopic (exact) mass is 401 g/mol. The molecule has 2 rings (SSSR count). The molecule has 2 N–H and O–H groups in total. The zero-order valence-corrected chi connectivity index (χ0v) is 16.8. The highest BCUT2D eigenvalue weighted by molar-refractivity contribution is 7.89. The van der Waals surface area contributed by atoms with Crippen LogP contribution in [-0.2, 0) is 14.8 Å². The first-order valence-electron chi connectivity index (χ1n) is 8.95. The second-order valence-corrected chi connectivity index (χ2v) is 9.04. The van der Waals surface area contributed by atoms with E-state index in [-0.39, 0.29) is 41.5 Å². The van der Waals surface area contributed by atoms with E-state index in [1.807, 2.05) is 19.0 Å². The van der Waals surface area contributed by atoms with Crippen molar-refractivity contribution in [3.63, 3.8) is 0 Å². The summed E-state index contributed by atoms with van der Waals surface area (Å²) >= 11 is 0. The molecule has 1 aromatic rings. The number of carbonyl (C=O) groups excluding carboxylic acids is 1. The number of aliphatic hydroxyl groups is 1. The molecule has 0 aromatic heterocycles. The molecule has 7 nitrogen and oxygen atoms in total. The van der Waals surface area contributed by atoms with Gasteiger partial charge in [-0.3, -0.25) is 4.79 Å². The third-order valence-corrected chi connectivity index (χ3v) is 6.41. The van der Waals surface area contributed by atoms with Crippen LogP contribution in [0.5, 0.6) is 0 Å². The van der Waals surface area contributed by atoms with Gasteiger partial charge in [-0.2, -0.15) is 0 Å². The number of nitrogens with zero attached hydrogens (tertiary/aromatic N) is 2. The van der Waals surface area contributed by atoms with E-state index < -0.39 is 15.8 Å². The lowest BCUT2D eigenvalue weighted by Crippen LogP contribution is -2.46. The summed E-state index contributed by atoms with van der Waals surface area (Å²) in [5, 5.41) is 9.50. The fraction of sp³-hybridized carbons (Fsp3) is 0.611. The van der Waals surface area contributed by atoms with Crippen molar-refractivity contribution >= 4 is 15.9 Å². The second kappa shape index (κ2) is 9.09. The predicted octanol–water partition coefficient (Wildman–Crippen LogP) is 0.574. The van der Waals surface area contributed by atoms with Crippen molar-refractivity contribution in [2.75, 3.05) is 40.3 Å². The van der Waals surface area contributed by atoms with Crippen molar-refractivity contribution in [2.24, 2.45) is 5.92 Å². The van der Waals surface area contributed by atoms with Crippen LogP contribution >= 0.6 is 0 Å². The van der Waals surface area contributed by atoms with Crippen LogP contribution < -0.4 is 4.72 Å². The zero-order valence-electron chi connectivity index (χ0n) is 16.0. The number of sulfonamides is 1. The summed E-state index contributed by atoms with van der Waals surface area (Å²) in [6.45, 7) is 1.98. The van der Waals surface area contributed by atoms with Crippen LogP contribution in [0.1, 0.15) is 18.4 Å². The van der Waals surface area contributed by atoms with Gasteiger partial charge in [0.05, 0.1) is 11.4 Å². The van der Waals surface area contributed by atoms with Crippen LogP contribution in [0.2, 0.25) is 0 Å². The Kier molecular flexibility index (Phi) is 7.32. The molecular weight excluding hydrogens is 373 g/mol. The van der Waals surface area contributed by atoms with Gasteiger partial charge in [0.25, 0.3) is 0 Å². The van der Waals surface area contributed by atoms with E-state index in [1.165, 1.54) is 19.1 Å². The van der Waals surface area contributed by atoms with Gasteiger partial charge in [0.15, 0.2) is 0 Å². The smallest absolute Gasteiger partial charge is 0.241 e. The molecule has 0 bridgehead atoms. The highest BCUT2D eigenvalue weighted by atomic mass is 32.2. The summed E-state index contributed by atoms with van der Waals surface area (Å²) < 4.78 is 40.4. The van der Waals surface area contributed by atoms with E-state index >= 15 is 0 Å². The van der Waals surface area contributed by atoms with Gasteiger partial charge in [0, 0.05) is 25.7 Å². The van der Waals surface area contributed by atoms with Gasteiger partial charge in [-0.05, 0) is 63.5 Å². The highest BCUT2D eigenvalue weighted by Gasteiger charge is 2.28. The molecule has 152 valence electrons. The number of hydrogen-bond donors (Lipinski definition) is 2. The fourth-order valence-corrected chi connectivity index (χ4v) is 4.22.